The summed E-state index contributed by atoms with van der Waals surface area (Å²) in [4.78, 5) is 10.3. The molecule has 0 saturated carbocycles. The number of unbranched alkanes of at least 4 members (excludes halogenated alkanes) is 2. The summed E-state index contributed by atoms with van der Waals surface area (Å²) in [5.41, 5.74) is 9.82. The van der Waals surface area contributed by atoms with Crippen LogP contribution in [0.4, 0.5) is 11.4 Å². The van der Waals surface area contributed by atoms with Crippen LogP contribution in [0, 0.1) is 27.7 Å². The van der Waals surface area contributed by atoms with Crippen LogP contribution in [0.1, 0.15) is 81.0 Å². The second kappa shape index (κ2) is 11.7. The van der Waals surface area contributed by atoms with Crippen molar-refractivity contribution < 1.29 is 0 Å². The van der Waals surface area contributed by atoms with Gasteiger partial charge in [-0.25, -0.2) is 0 Å². The van der Waals surface area contributed by atoms with E-state index < -0.39 is 0 Å². The van der Waals surface area contributed by atoms with Gasteiger partial charge in [-0.3, -0.25) is 9.98 Å². The van der Waals surface area contributed by atoms with Crippen LogP contribution in [-0.2, 0) is 0 Å². The molecule has 0 atom stereocenters. The minimum absolute atomic E-state index is 0.877. The fourth-order valence-corrected chi connectivity index (χ4v) is 3.65. The average Bonchev–Trinajstić information content (AvgIpc) is 2.69. The van der Waals surface area contributed by atoms with E-state index in [0.29, 0.717) is 0 Å². The third kappa shape index (κ3) is 6.96. The maximum Gasteiger partial charge on any atom is 0.0687 e. The fraction of sp³-hybridized carbons (Fsp3) is 0.481. The van der Waals surface area contributed by atoms with Crippen molar-refractivity contribution in [3.63, 3.8) is 0 Å². The van der Waals surface area contributed by atoms with Crippen molar-refractivity contribution in [2.45, 2.75) is 86.5 Å². The summed E-state index contributed by atoms with van der Waals surface area (Å²) in [5, 5.41) is 0. The van der Waals surface area contributed by atoms with E-state index in [1.165, 1.54) is 59.4 Å². The van der Waals surface area contributed by atoms with E-state index >= 15 is 0 Å². The van der Waals surface area contributed by atoms with Crippen molar-refractivity contribution in [2.75, 3.05) is 0 Å². The number of nitrogens with zero attached hydrogens (tertiary/aromatic N) is 2. The van der Waals surface area contributed by atoms with E-state index in [9.17, 15) is 0 Å². The van der Waals surface area contributed by atoms with E-state index in [-0.39, 0.29) is 0 Å². The lowest BCUT2D eigenvalue weighted by molar-refractivity contribution is 0.818. The zero-order valence-corrected chi connectivity index (χ0v) is 19.3. The molecule has 0 radical (unpaired) electrons. The van der Waals surface area contributed by atoms with Crippen molar-refractivity contribution in [3.05, 3.63) is 58.7 Å². The Morgan fingerprint density at radius 1 is 0.621 bits per heavy atom. The molecule has 0 unspecified atom stereocenters. The molecule has 2 aromatic carbocycles. The molecule has 0 aromatic heterocycles. The van der Waals surface area contributed by atoms with Crippen molar-refractivity contribution in [2.24, 2.45) is 9.98 Å². The molecule has 0 bridgehead atoms. The highest BCUT2D eigenvalue weighted by molar-refractivity contribution is 6.06. The molecular weight excluding hydrogens is 352 g/mol. The molecule has 2 aromatic rings. The molecule has 2 heteroatoms. The summed E-state index contributed by atoms with van der Waals surface area (Å²) in [7, 11) is 0. The van der Waals surface area contributed by atoms with Crippen LogP contribution in [0.5, 0.6) is 0 Å². The van der Waals surface area contributed by atoms with Crippen molar-refractivity contribution in [3.8, 4) is 0 Å². The lowest BCUT2D eigenvalue weighted by Crippen LogP contribution is -2.09. The van der Waals surface area contributed by atoms with Gasteiger partial charge in [0.15, 0.2) is 0 Å². The Bertz CT molecular complexity index is 747. The molecule has 156 valence electrons. The molecule has 29 heavy (non-hydrogen) atoms. The Labute approximate surface area is 178 Å². The van der Waals surface area contributed by atoms with Gasteiger partial charge < -0.3 is 0 Å². The number of aryl methyl sites for hydroxylation is 4. The van der Waals surface area contributed by atoms with E-state index in [2.05, 4.69) is 77.9 Å². The smallest absolute Gasteiger partial charge is 0.0687 e. The Kier molecular flexibility index (Phi) is 9.31. The average molecular weight is 391 g/mol. The van der Waals surface area contributed by atoms with Gasteiger partial charge >= 0.3 is 0 Å². The van der Waals surface area contributed by atoms with Gasteiger partial charge in [-0.2, -0.15) is 0 Å². The van der Waals surface area contributed by atoms with Gasteiger partial charge in [0.2, 0.25) is 0 Å². The standard InChI is InChI=1S/C27H38N2/c1-7-9-17-24(28-26-20(3)13-11-14-21(26)4)19-25(18-10-8-2)29-27-22(5)15-12-16-23(27)6/h11-16H,7-10,17-19H2,1-6H3/b28-24+,29-25+. The topological polar surface area (TPSA) is 24.7 Å². The molecule has 0 aliphatic carbocycles. The number of hydrogen-bond acceptors (Lipinski definition) is 2. The molecule has 0 heterocycles. The summed E-state index contributed by atoms with van der Waals surface area (Å²) in [5.74, 6) is 0. The summed E-state index contributed by atoms with van der Waals surface area (Å²) < 4.78 is 0. The molecule has 2 nitrogen and oxygen atoms in total. The Hall–Kier alpha value is -2.22. The van der Waals surface area contributed by atoms with Crippen molar-refractivity contribution in [1.29, 1.82) is 0 Å². The van der Waals surface area contributed by atoms with Gasteiger partial charge in [0.05, 0.1) is 11.4 Å². The number of aliphatic imine (C=N–C) groups is 2. The van der Waals surface area contributed by atoms with E-state index in [4.69, 9.17) is 9.98 Å². The third-order valence-electron chi connectivity index (χ3n) is 5.46. The number of rotatable bonds is 10. The summed E-state index contributed by atoms with van der Waals surface area (Å²) in [6.07, 6.45) is 7.68. The lowest BCUT2D eigenvalue weighted by atomic mass is 10.0. The first-order chi connectivity index (χ1) is 14.0. The monoisotopic (exact) mass is 390 g/mol. The predicted molar refractivity (Wildman–Crippen MR) is 130 cm³/mol. The number of benzene rings is 2. The Balaban J connectivity index is 2.42. The van der Waals surface area contributed by atoms with Gasteiger partial charge in [0, 0.05) is 17.8 Å². The lowest BCUT2D eigenvalue weighted by Gasteiger charge is -2.13. The largest absolute Gasteiger partial charge is 0.257 e. The van der Waals surface area contributed by atoms with Crippen molar-refractivity contribution in [1.82, 2.24) is 0 Å². The van der Waals surface area contributed by atoms with E-state index in [0.717, 1.165) is 30.6 Å². The van der Waals surface area contributed by atoms with Gasteiger partial charge in [-0.05, 0) is 75.6 Å². The van der Waals surface area contributed by atoms with Crippen LogP contribution in [-0.4, -0.2) is 11.4 Å². The maximum atomic E-state index is 5.17. The highest BCUT2D eigenvalue weighted by atomic mass is 14.8. The first-order valence-corrected chi connectivity index (χ1v) is 11.2. The van der Waals surface area contributed by atoms with Crippen LogP contribution in [0.15, 0.2) is 46.4 Å². The van der Waals surface area contributed by atoms with E-state index in [1.54, 1.807) is 0 Å². The van der Waals surface area contributed by atoms with Crippen LogP contribution in [0.2, 0.25) is 0 Å². The van der Waals surface area contributed by atoms with Crippen LogP contribution < -0.4 is 0 Å². The second-order valence-electron chi connectivity index (χ2n) is 8.22. The number of para-hydroxylation sites is 2. The maximum absolute atomic E-state index is 5.17. The molecule has 0 N–H and O–H groups in total. The van der Waals surface area contributed by atoms with Crippen LogP contribution in [0.25, 0.3) is 0 Å². The quantitative estimate of drug-likeness (QED) is 0.363. The summed E-state index contributed by atoms with van der Waals surface area (Å²) in [6.45, 7) is 13.1. The minimum atomic E-state index is 0.877. The normalized spacial score (nSPS) is 12.5. The fourth-order valence-electron chi connectivity index (χ4n) is 3.65. The first kappa shape index (κ1) is 23.1. The molecule has 0 aliphatic heterocycles. The third-order valence-corrected chi connectivity index (χ3v) is 5.46. The summed E-state index contributed by atoms with van der Waals surface area (Å²) in [6, 6.07) is 12.9. The minimum Gasteiger partial charge on any atom is -0.257 e. The number of hydrogen-bond donors (Lipinski definition) is 0. The molecular formula is C27H38N2. The highest BCUT2D eigenvalue weighted by Gasteiger charge is 2.10. The summed E-state index contributed by atoms with van der Waals surface area (Å²) >= 11 is 0. The van der Waals surface area contributed by atoms with Gasteiger partial charge in [-0.1, -0.05) is 63.1 Å². The predicted octanol–water partition coefficient (Wildman–Crippen LogP) is 8.54. The van der Waals surface area contributed by atoms with Crippen molar-refractivity contribution >= 4 is 22.8 Å². The first-order valence-electron chi connectivity index (χ1n) is 11.2. The van der Waals surface area contributed by atoms with Crippen LogP contribution >= 0.6 is 0 Å². The van der Waals surface area contributed by atoms with Crippen LogP contribution in [0.3, 0.4) is 0 Å². The molecule has 2 rings (SSSR count). The second-order valence-corrected chi connectivity index (χ2v) is 8.22. The molecule has 0 amide bonds. The van der Waals surface area contributed by atoms with E-state index in [1.807, 2.05) is 0 Å². The SMILES string of the molecule is CCCC/C(C/C(CCCC)=N/c1c(C)cccc1C)=N\c1c(C)cccc1C. The molecule has 0 spiro atoms. The molecule has 0 aliphatic rings. The molecule has 0 saturated heterocycles. The molecule has 0 fully saturated rings. The van der Waals surface area contributed by atoms with Gasteiger partial charge in [0.1, 0.15) is 0 Å². The highest BCUT2D eigenvalue weighted by Crippen LogP contribution is 2.27. The zero-order valence-electron chi connectivity index (χ0n) is 19.3. The Morgan fingerprint density at radius 2 is 0.966 bits per heavy atom. The van der Waals surface area contributed by atoms with Gasteiger partial charge in [0.25, 0.3) is 0 Å². The zero-order chi connectivity index (χ0) is 21.2. The van der Waals surface area contributed by atoms with Gasteiger partial charge in [-0.15, -0.1) is 0 Å². The Morgan fingerprint density at radius 3 is 1.28 bits per heavy atom.